The van der Waals surface area contributed by atoms with Gasteiger partial charge in [0.2, 0.25) is 0 Å². The quantitative estimate of drug-likeness (QED) is 0.677. The first-order valence-electron chi connectivity index (χ1n) is 8.04. The van der Waals surface area contributed by atoms with Crippen molar-refractivity contribution in [3.05, 3.63) is 70.7 Å². The van der Waals surface area contributed by atoms with Gasteiger partial charge in [0.15, 0.2) is 5.58 Å². The number of hydrogen-bond donors (Lipinski definition) is 0. The van der Waals surface area contributed by atoms with E-state index in [4.69, 9.17) is 9.15 Å². The van der Waals surface area contributed by atoms with E-state index in [1.54, 1.807) is 6.07 Å². The average Bonchev–Trinajstić information content (AvgIpc) is 3.35. The lowest BCUT2D eigenvalue weighted by atomic mass is 10.1. The Morgan fingerprint density at radius 1 is 1.12 bits per heavy atom. The molecule has 5 heteroatoms. The van der Waals surface area contributed by atoms with E-state index in [0.717, 1.165) is 6.42 Å². The molecular weight excluding hydrogens is 306 g/mol. The number of para-hydroxylation sites is 2. The second-order valence-electron chi connectivity index (χ2n) is 6.01. The van der Waals surface area contributed by atoms with Gasteiger partial charge in [-0.05, 0) is 30.0 Å². The number of fused-ring (bicyclic) bond motifs is 1. The fourth-order valence-corrected chi connectivity index (χ4v) is 3.09. The maximum atomic E-state index is 12.1. The molecule has 122 valence electrons. The fraction of sp³-hybridized carbons (Fsp3) is 0.263. The van der Waals surface area contributed by atoms with Crippen LogP contribution in [0.5, 0.6) is 0 Å². The normalized spacial score (nSPS) is 19.3. The predicted octanol–water partition coefficient (Wildman–Crippen LogP) is 2.94. The number of aromatic nitrogens is 1. The molecule has 1 fully saturated rings. The van der Waals surface area contributed by atoms with Crippen molar-refractivity contribution in [2.24, 2.45) is 5.92 Å². The Labute approximate surface area is 138 Å². The molecule has 0 N–H and O–H groups in total. The molecule has 4 rings (SSSR count). The number of carbonyl (C=O) groups excluding carboxylic acids is 1. The average molecular weight is 323 g/mol. The molecule has 0 unspecified atom stereocenters. The predicted molar refractivity (Wildman–Crippen MR) is 88.7 cm³/mol. The summed E-state index contributed by atoms with van der Waals surface area (Å²) >= 11 is 0. The van der Waals surface area contributed by atoms with Crippen molar-refractivity contribution in [3.63, 3.8) is 0 Å². The Kier molecular flexibility index (Phi) is 3.69. The second-order valence-corrected chi connectivity index (χ2v) is 6.01. The summed E-state index contributed by atoms with van der Waals surface area (Å²) in [6.07, 6.45) is 0.831. The fourth-order valence-electron chi connectivity index (χ4n) is 3.09. The van der Waals surface area contributed by atoms with E-state index in [9.17, 15) is 9.59 Å². The lowest BCUT2D eigenvalue weighted by molar-refractivity contribution is -0.145. The highest BCUT2D eigenvalue weighted by Gasteiger charge is 2.45. The van der Waals surface area contributed by atoms with E-state index in [2.05, 4.69) is 0 Å². The summed E-state index contributed by atoms with van der Waals surface area (Å²) in [6.45, 7) is 0.463. The number of carbonyl (C=O) groups is 1. The molecule has 3 aromatic rings. The molecule has 5 nitrogen and oxygen atoms in total. The largest absolute Gasteiger partial charge is 0.464 e. The summed E-state index contributed by atoms with van der Waals surface area (Å²) in [4.78, 5) is 24.0. The molecule has 1 aliphatic rings. The number of esters is 1. The number of ether oxygens (including phenoxy) is 1. The van der Waals surface area contributed by atoms with E-state index in [0.29, 0.717) is 17.6 Å². The molecule has 1 aliphatic carbocycles. The van der Waals surface area contributed by atoms with Crippen molar-refractivity contribution in [1.29, 1.82) is 0 Å². The zero-order chi connectivity index (χ0) is 16.5. The highest BCUT2D eigenvalue weighted by Crippen LogP contribution is 2.47. The summed E-state index contributed by atoms with van der Waals surface area (Å²) < 4.78 is 12.0. The topological polar surface area (TPSA) is 61.4 Å². The van der Waals surface area contributed by atoms with Crippen molar-refractivity contribution in [1.82, 2.24) is 4.57 Å². The zero-order valence-electron chi connectivity index (χ0n) is 13.1. The Bertz CT molecular complexity index is 925. The lowest BCUT2D eigenvalue weighted by Gasteiger charge is -2.05. The summed E-state index contributed by atoms with van der Waals surface area (Å²) in [7, 11) is 0. The van der Waals surface area contributed by atoms with Crippen molar-refractivity contribution in [3.8, 4) is 0 Å². The Hall–Kier alpha value is -2.82. The van der Waals surface area contributed by atoms with Gasteiger partial charge in [0.1, 0.15) is 6.61 Å². The molecule has 0 amide bonds. The first-order chi connectivity index (χ1) is 11.7. The van der Waals surface area contributed by atoms with Crippen LogP contribution in [0.4, 0.5) is 0 Å². The Morgan fingerprint density at radius 2 is 1.88 bits per heavy atom. The van der Waals surface area contributed by atoms with Crippen molar-refractivity contribution >= 4 is 17.1 Å². The molecule has 0 spiro atoms. The van der Waals surface area contributed by atoms with Crippen LogP contribution in [0.25, 0.3) is 11.1 Å². The standard InChI is InChI=1S/C19H17NO4/c21-18(15-12-14(15)13-6-2-1-3-7-13)23-11-10-20-16-8-4-5-9-17(16)24-19(20)22/h1-9,14-15H,10-12H2/t14-,15-/m1/s1. The van der Waals surface area contributed by atoms with Gasteiger partial charge in [-0.2, -0.15) is 0 Å². The van der Waals surface area contributed by atoms with Crippen LogP contribution in [0.15, 0.2) is 63.8 Å². The van der Waals surface area contributed by atoms with Gasteiger partial charge in [-0.15, -0.1) is 0 Å². The van der Waals surface area contributed by atoms with E-state index >= 15 is 0 Å². The monoisotopic (exact) mass is 323 g/mol. The van der Waals surface area contributed by atoms with Gasteiger partial charge in [0.05, 0.1) is 18.0 Å². The molecule has 0 radical (unpaired) electrons. The maximum Gasteiger partial charge on any atom is 0.420 e. The van der Waals surface area contributed by atoms with E-state index in [-0.39, 0.29) is 24.4 Å². The SMILES string of the molecule is O=C(OCCn1c(=O)oc2ccccc21)[C@@H]1C[C@@H]1c1ccccc1. The molecule has 2 atom stereocenters. The summed E-state index contributed by atoms with van der Waals surface area (Å²) in [5.41, 5.74) is 2.43. The van der Waals surface area contributed by atoms with Crippen molar-refractivity contribution in [2.75, 3.05) is 6.61 Å². The van der Waals surface area contributed by atoms with Gasteiger partial charge >= 0.3 is 11.7 Å². The third kappa shape index (κ3) is 2.73. The van der Waals surface area contributed by atoms with Gasteiger partial charge in [0, 0.05) is 0 Å². The van der Waals surface area contributed by atoms with Crippen molar-refractivity contribution < 1.29 is 13.9 Å². The van der Waals surface area contributed by atoms with Crippen LogP contribution in [0, 0.1) is 5.92 Å². The third-order valence-corrected chi connectivity index (χ3v) is 4.45. The molecule has 0 saturated heterocycles. The minimum atomic E-state index is -0.430. The molecule has 24 heavy (non-hydrogen) atoms. The van der Waals surface area contributed by atoms with Crippen LogP contribution < -0.4 is 5.76 Å². The van der Waals surface area contributed by atoms with Gasteiger partial charge in [0.25, 0.3) is 0 Å². The summed E-state index contributed by atoms with van der Waals surface area (Å²) in [5.74, 6) is -0.424. The minimum Gasteiger partial charge on any atom is -0.464 e. The van der Waals surface area contributed by atoms with Gasteiger partial charge in [-0.1, -0.05) is 42.5 Å². The lowest BCUT2D eigenvalue weighted by Crippen LogP contribution is -2.19. The van der Waals surface area contributed by atoms with Gasteiger partial charge in [-0.3, -0.25) is 9.36 Å². The number of rotatable bonds is 5. The molecule has 2 aromatic carbocycles. The molecule has 0 aliphatic heterocycles. The summed E-state index contributed by atoms with van der Waals surface area (Å²) in [5, 5.41) is 0. The minimum absolute atomic E-state index is 0.0646. The van der Waals surface area contributed by atoms with E-state index in [1.807, 2.05) is 48.5 Å². The second kappa shape index (κ2) is 6.00. The van der Waals surface area contributed by atoms with Crippen LogP contribution in [0.3, 0.4) is 0 Å². The molecule has 1 heterocycles. The zero-order valence-corrected chi connectivity index (χ0v) is 13.1. The number of hydrogen-bond acceptors (Lipinski definition) is 4. The van der Waals surface area contributed by atoms with Gasteiger partial charge < -0.3 is 9.15 Å². The van der Waals surface area contributed by atoms with E-state index < -0.39 is 5.76 Å². The smallest absolute Gasteiger partial charge is 0.420 e. The summed E-state index contributed by atoms with van der Waals surface area (Å²) in [6, 6.07) is 17.2. The number of oxazole rings is 1. The van der Waals surface area contributed by atoms with Crippen LogP contribution in [0.2, 0.25) is 0 Å². The molecule has 0 bridgehead atoms. The van der Waals surface area contributed by atoms with E-state index in [1.165, 1.54) is 10.1 Å². The van der Waals surface area contributed by atoms with Crippen LogP contribution >= 0.6 is 0 Å². The number of nitrogens with zero attached hydrogens (tertiary/aromatic N) is 1. The van der Waals surface area contributed by atoms with Crippen LogP contribution in [-0.2, 0) is 16.1 Å². The highest BCUT2D eigenvalue weighted by atomic mass is 16.5. The van der Waals surface area contributed by atoms with Gasteiger partial charge in [-0.25, -0.2) is 4.79 Å². The molecular formula is C19H17NO4. The maximum absolute atomic E-state index is 12.1. The highest BCUT2D eigenvalue weighted by molar-refractivity contribution is 5.77. The first kappa shape index (κ1) is 14.8. The van der Waals surface area contributed by atoms with Crippen LogP contribution in [0.1, 0.15) is 17.9 Å². The van der Waals surface area contributed by atoms with Crippen LogP contribution in [-0.4, -0.2) is 17.1 Å². The first-order valence-corrected chi connectivity index (χ1v) is 8.04. The molecule has 1 saturated carbocycles. The Balaban J connectivity index is 1.35. The van der Waals surface area contributed by atoms with Crippen molar-refractivity contribution in [2.45, 2.75) is 18.9 Å². The molecule has 1 aromatic heterocycles. The number of benzene rings is 2. The third-order valence-electron chi connectivity index (χ3n) is 4.45. The Morgan fingerprint density at radius 3 is 2.71 bits per heavy atom.